The molecule has 6 N–H and O–H groups in total. The monoisotopic (exact) mass is 455 g/mol. The molecule has 0 spiro atoms. The standard InChI is InChI=1S/C17H31NO7P2S/c18-17(26(19,20)21,27(22,23)24)14-10-5-3-1-2-4-6-11-15-28(25)16-12-8-7-9-13-16/h7-9,12-13H,1-6,10-11,14-15,18H2,(H2,19,20,21)(H2,22,23,24). The summed E-state index contributed by atoms with van der Waals surface area (Å²) in [5.41, 5.74) is 5.36. The van der Waals surface area contributed by atoms with Crippen molar-refractivity contribution in [2.45, 2.75) is 67.7 Å². The molecule has 162 valence electrons. The van der Waals surface area contributed by atoms with Gasteiger partial charge in [-0.25, -0.2) is 0 Å². The average molecular weight is 455 g/mol. The molecule has 0 bridgehead atoms. The Morgan fingerprint density at radius 1 is 0.821 bits per heavy atom. The van der Waals surface area contributed by atoms with E-state index in [9.17, 15) is 33.3 Å². The van der Waals surface area contributed by atoms with E-state index in [0.29, 0.717) is 12.2 Å². The lowest BCUT2D eigenvalue weighted by atomic mass is 10.1. The van der Waals surface area contributed by atoms with Gasteiger partial charge in [0.2, 0.25) is 5.02 Å². The van der Waals surface area contributed by atoms with Crippen LogP contribution in [0.3, 0.4) is 0 Å². The van der Waals surface area contributed by atoms with Crippen LogP contribution in [-0.4, -0.2) is 34.9 Å². The molecule has 1 unspecified atom stereocenters. The van der Waals surface area contributed by atoms with Crippen LogP contribution < -0.4 is 5.73 Å². The number of hydrogen-bond donors (Lipinski definition) is 5. The Morgan fingerprint density at radius 2 is 1.25 bits per heavy atom. The molecule has 0 aliphatic rings. The maximum atomic E-state index is 12.1. The van der Waals surface area contributed by atoms with Gasteiger partial charge in [0.05, 0.1) is 0 Å². The summed E-state index contributed by atoms with van der Waals surface area (Å²) in [4.78, 5) is 37.6. The van der Waals surface area contributed by atoms with Crippen molar-refractivity contribution in [2.75, 3.05) is 5.75 Å². The predicted molar refractivity (Wildman–Crippen MR) is 110 cm³/mol. The summed E-state index contributed by atoms with van der Waals surface area (Å²) in [6, 6.07) is 9.38. The fourth-order valence-corrected chi connectivity index (χ4v) is 6.25. The van der Waals surface area contributed by atoms with Crippen molar-refractivity contribution in [1.29, 1.82) is 0 Å². The highest BCUT2D eigenvalue weighted by Crippen LogP contribution is 2.67. The number of benzene rings is 1. The first kappa shape index (κ1) is 25.8. The van der Waals surface area contributed by atoms with Gasteiger partial charge in [0, 0.05) is 0 Å². The highest BCUT2D eigenvalue weighted by molar-refractivity contribution is 7.91. The van der Waals surface area contributed by atoms with E-state index in [-0.39, 0.29) is 6.42 Å². The van der Waals surface area contributed by atoms with Gasteiger partial charge in [0.25, 0.3) is 0 Å². The fraction of sp³-hybridized carbons (Fsp3) is 0.647. The zero-order chi connectivity index (χ0) is 21.3. The molecule has 1 rings (SSSR count). The molecule has 1 aromatic rings. The quantitative estimate of drug-likeness (QED) is 0.162. The Morgan fingerprint density at radius 3 is 1.71 bits per heavy atom. The summed E-state index contributed by atoms with van der Waals surface area (Å²) in [7, 11) is -10.2. The summed E-state index contributed by atoms with van der Waals surface area (Å²) in [5.74, 6) is 0.646. The highest BCUT2D eigenvalue weighted by atomic mass is 32.2. The molecule has 0 aliphatic carbocycles. The number of unbranched alkanes of at least 4 members (excludes halogenated alkanes) is 7. The van der Waals surface area contributed by atoms with Crippen LogP contribution in [0.25, 0.3) is 0 Å². The van der Waals surface area contributed by atoms with Gasteiger partial charge in [-0.3, -0.25) is 9.13 Å². The zero-order valence-corrected chi connectivity index (χ0v) is 18.5. The van der Waals surface area contributed by atoms with Crippen molar-refractivity contribution in [3.05, 3.63) is 30.3 Å². The van der Waals surface area contributed by atoms with Crippen LogP contribution in [0.1, 0.15) is 57.8 Å². The van der Waals surface area contributed by atoms with E-state index in [1.165, 1.54) is 0 Å². The van der Waals surface area contributed by atoms with E-state index >= 15 is 0 Å². The van der Waals surface area contributed by atoms with Crippen molar-refractivity contribution in [3.63, 3.8) is 0 Å². The van der Waals surface area contributed by atoms with Gasteiger partial charge >= 0.3 is 15.2 Å². The van der Waals surface area contributed by atoms with E-state index in [1.807, 2.05) is 30.3 Å². The first-order chi connectivity index (χ1) is 13.0. The second-order valence-corrected chi connectivity index (χ2v) is 12.6. The van der Waals surface area contributed by atoms with E-state index in [2.05, 4.69) is 0 Å². The van der Waals surface area contributed by atoms with E-state index in [1.54, 1.807) is 0 Å². The first-order valence-electron chi connectivity index (χ1n) is 9.32. The minimum absolute atomic E-state index is 0.239. The molecule has 0 radical (unpaired) electrons. The van der Waals surface area contributed by atoms with E-state index < -0.39 is 37.8 Å². The molecule has 8 nitrogen and oxygen atoms in total. The summed E-state index contributed by atoms with van der Waals surface area (Å²) in [6.07, 6.45) is 6.01. The van der Waals surface area contributed by atoms with Crippen LogP contribution in [0, 0.1) is 0 Å². The lowest BCUT2D eigenvalue weighted by molar-refractivity contribution is 0.300. The summed E-state index contributed by atoms with van der Waals surface area (Å²) in [6.45, 7) is 0. The fourth-order valence-electron chi connectivity index (χ4n) is 2.83. The van der Waals surface area contributed by atoms with Crippen LogP contribution in [0.4, 0.5) is 0 Å². The van der Waals surface area contributed by atoms with Crippen LogP contribution >= 0.6 is 15.2 Å². The maximum absolute atomic E-state index is 12.1. The molecular formula is C17H31NO7P2S. The van der Waals surface area contributed by atoms with Gasteiger partial charge in [-0.15, -0.1) is 0 Å². The van der Waals surface area contributed by atoms with E-state index in [0.717, 1.165) is 43.4 Å². The second-order valence-electron chi connectivity index (χ2n) is 6.91. The van der Waals surface area contributed by atoms with Gasteiger partial charge in [0.1, 0.15) is 5.75 Å². The van der Waals surface area contributed by atoms with Crippen molar-refractivity contribution in [3.8, 4) is 0 Å². The van der Waals surface area contributed by atoms with Gasteiger partial charge in [-0.2, -0.15) is 0 Å². The summed E-state index contributed by atoms with van der Waals surface area (Å²) < 4.78 is 34.8. The molecule has 0 heterocycles. The average Bonchev–Trinajstić information content (AvgIpc) is 2.61. The predicted octanol–water partition coefficient (Wildman–Crippen LogP) is 3.27. The molecule has 0 saturated carbocycles. The van der Waals surface area contributed by atoms with Gasteiger partial charge in [0.15, 0.2) is 4.90 Å². The third-order valence-corrected chi connectivity index (χ3v) is 10.1. The second kappa shape index (κ2) is 11.8. The van der Waals surface area contributed by atoms with Crippen LogP contribution in [0.15, 0.2) is 35.2 Å². The van der Waals surface area contributed by atoms with Crippen molar-refractivity contribution in [2.24, 2.45) is 5.73 Å². The Bertz CT molecular complexity index is 643. The topological polar surface area (TPSA) is 164 Å². The van der Waals surface area contributed by atoms with Gasteiger partial charge in [-0.1, -0.05) is 56.7 Å². The Kier molecular flexibility index (Phi) is 10.9. The third-order valence-electron chi connectivity index (χ3n) is 4.64. The minimum Gasteiger partial charge on any atom is -0.611 e. The maximum Gasteiger partial charge on any atom is 0.357 e. The van der Waals surface area contributed by atoms with E-state index in [4.69, 9.17) is 5.73 Å². The lowest BCUT2D eigenvalue weighted by Gasteiger charge is -2.30. The smallest absolute Gasteiger partial charge is 0.357 e. The zero-order valence-electron chi connectivity index (χ0n) is 15.9. The Labute approximate surface area is 169 Å². The van der Waals surface area contributed by atoms with Crippen LogP contribution in [0.5, 0.6) is 0 Å². The van der Waals surface area contributed by atoms with Gasteiger partial charge in [-0.05, 0) is 42.6 Å². The Hall–Kier alpha value is -0.210. The number of nitrogens with two attached hydrogens (primary N) is 1. The molecule has 28 heavy (non-hydrogen) atoms. The molecule has 0 fully saturated rings. The van der Waals surface area contributed by atoms with Crippen molar-refractivity contribution >= 4 is 26.4 Å². The molecule has 0 saturated heterocycles. The molecular weight excluding hydrogens is 424 g/mol. The van der Waals surface area contributed by atoms with Crippen LogP contribution in [-0.2, 0) is 20.3 Å². The van der Waals surface area contributed by atoms with Crippen molar-refractivity contribution < 1.29 is 33.3 Å². The molecule has 1 atom stereocenters. The number of rotatable bonds is 14. The minimum atomic E-state index is -5.12. The SMILES string of the molecule is NC(CCCCCCCCCC[S+]([O-])c1ccccc1)(P(=O)(O)O)P(=O)(O)O. The lowest BCUT2D eigenvalue weighted by Crippen LogP contribution is -2.39. The normalized spacial score (nSPS) is 14.2. The molecule has 11 heteroatoms. The highest BCUT2D eigenvalue weighted by Gasteiger charge is 2.56. The summed E-state index contributed by atoms with van der Waals surface area (Å²) in [5, 5.41) is -2.80. The summed E-state index contributed by atoms with van der Waals surface area (Å²) >= 11 is -0.958. The van der Waals surface area contributed by atoms with Gasteiger partial charge < -0.3 is 29.9 Å². The molecule has 0 aromatic heterocycles. The molecule has 1 aromatic carbocycles. The third kappa shape index (κ3) is 8.27. The molecule has 0 amide bonds. The number of hydrogen-bond acceptors (Lipinski definition) is 4. The molecule has 0 aliphatic heterocycles. The van der Waals surface area contributed by atoms with Crippen molar-refractivity contribution in [1.82, 2.24) is 0 Å². The Balaban J connectivity index is 2.12. The largest absolute Gasteiger partial charge is 0.611 e. The van der Waals surface area contributed by atoms with Crippen LogP contribution in [0.2, 0.25) is 0 Å². The first-order valence-corrected chi connectivity index (χ1v) is 13.9.